The first kappa shape index (κ1) is 17.9. The zero-order chi connectivity index (χ0) is 19.2. The largest absolute Gasteiger partial charge is 0.508 e. The molecule has 27 heavy (non-hydrogen) atoms. The predicted octanol–water partition coefficient (Wildman–Crippen LogP) is 2.82. The summed E-state index contributed by atoms with van der Waals surface area (Å²) in [5.41, 5.74) is 1.76. The number of aromatic hydroxyl groups is 1. The van der Waals surface area contributed by atoms with Crippen molar-refractivity contribution in [3.05, 3.63) is 88.2 Å². The number of aromatic nitrogens is 2. The summed E-state index contributed by atoms with van der Waals surface area (Å²) in [7, 11) is 0. The lowest BCUT2D eigenvalue weighted by molar-refractivity contribution is -0.384. The second-order valence-corrected chi connectivity index (χ2v) is 5.68. The Kier molecular flexibility index (Phi) is 5.27. The highest BCUT2D eigenvalue weighted by atomic mass is 16.6. The topological polar surface area (TPSA) is 110 Å². The highest BCUT2D eigenvalue weighted by molar-refractivity contribution is 5.91. The molecule has 8 nitrogen and oxygen atoms in total. The molecule has 3 aromatic rings. The maximum atomic E-state index is 12.0. The van der Waals surface area contributed by atoms with Gasteiger partial charge in [-0.25, -0.2) is 4.68 Å². The van der Waals surface area contributed by atoms with Crippen molar-refractivity contribution >= 4 is 17.7 Å². The molecule has 0 spiro atoms. The zero-order valence-electron chi connectivity index (χ0n) is 14.1. The summed E-state index contributed by atoms with van der Waals surface area (Å²) in [5, 5.41) is 27.3. The van der Waals surface area contributed by atoms with Gasteiger partial charge in [0.25, 0.3) is 5.69 Å². The molecule has 0 saturated heterocycles. The quantitative estimate of drug-likeness (QED) is 0.397. The minimum atomic E-state index is -0.560. The summed E-state index contributed by atoms with van der Waals surface area (Å²) in [4.78, 5) is 22.2. The van der Waals surface area contributed by atoms with Gasteiger partial charge in [-0.2, -0.15) is 5.10 Å². The fourth-order valence-electron chi connectivity index (χ4n) is 2.38. The van der Waals surface area contributed by atoms with E-state index in [-0.39, 0.29) is 23.5 Å². The number of phenolic OH excluding ortho intramolecular Hbond substituents is 1. The van der Waals surface area contributed by atoms with Crippen molar-refractivity contribution in [2.24, 2.45) is 0 Å². The van der Waals surface area contributed by atoms with E-state index in [4.69, 9.17) is 0 Å². The second-order valence-electron chi connectivity index (χ2n) is 5.68. The molecule has 8 heteroatoms. The molecule has 0 aliphatic carbocycles. The fraction of sp³-hybridized carbons (Fsp3) is 0.0526. The van der Waals surface area contributed by atoms with Gasteiger partial charge in [-0.15, -0.1) is 0 Å². The van der Waals surface area contributed by atoms with E-state index in [2.05, 4.69) is 10.4 Å². The number of nitrogens with one attached hydrogen (secondary N) is 1. The van der Waals surface area contributed by atoms with E-state index in [1.54, 1.807) is 23.2 Å². The lowest BCUT2D eigenvalue weighted by atomic mass is 10.1. The fourth-order valence-corrected chi connectivity index (χ4v) is 2.38. The zero-order valence-corrected chi connectivity index (χ0v) is 14.1. The number of para-hydroxylation sites is 1. The first-order valence-electron chi connectivity index (χ1n) is 8.05. The molecule has 0 atom stereocenters. The van der Waals surface area contributed by atoms with Crippen LogP contribution in [-0.2, 0) is 11.3 Å². The monoisotopic (exact) mass is 364 g/mol. The Labute approximate surface area is 154 Å². The van der Waals surface area contributed by atoms with E-state index in [0.29, 0.717) is 0 Å². The van der Waals surface area contributed by atoms with E-state index in [1.807, 2.05) is 30.3 Å². The maximum absolute atomic E-state index is 12.0. The Balaban J connectivity index is 1.61. The third-order valence-electron chi connectivity index (χ3n) is 3.78. The van der Waals surface area contributed by atoms with E-state index in [0.717, 1.165) is 11.3 Å². The van der Waals surface area contributed by atoms with Crippen molar-refractivity contribution in [1.82, 2.24) is 15.1 Å². The van der Waals surface area contributed by atoms with Gasteiger partial charge in [-0.3, -0.25) is 14.9 Å². The van der Waals surface area contributed by atoms with Crippen molar-refractivity contribution in [2.45, 2.75) is 6.54 Å². The molecule has 2 aromatic carbocycles. The van der Waals surface area contributed by atoms with E-state index < -0.39 is 10.8 Å². The summed E-state index contributed by atoms with van der Waals surface area (Å²) in [6.07, 6.45) is 6.35. The van der Waals surface area contributed by atoms with Crippen molar-refractivity contribution in [3.63, 3.8) is 0 Å². The number of non-ortho nitro benzene ring substituents is 1. The molecule has 136 valence electrons. The van der Waals surface area contributed by atoms with Crippen molar-refractivity contribution in [1.29, 1.82) is 0 Å². The second kappa shape index (κ2) is 7.96. The maximum Gasteiger partial charge on any atom is 0.270 e. The van der Waals surface area contributed by atoms with E-state index >= 15 is 0 Å². The molecule has 0 fully saturated rings. The highest BCUT2D eigenvalue weighted by Crippen LogP contribution is 2.22. The average Bonchev–Trinajstić information content (AvgIpc) is 3.15. The summed E-state index contributed by atoms with van der Waals surface area (Å²) < 4.78 is 1.69. The first-order valence-corrected chi connectivity index (χ1v) is 8.05. The Hall–Kier alpha value is -3.94. The predicted molar refractivity (Wildman–Crippen MR) is 99.2 cm³/mol. The van der Waals surface area contributed by atoms with Crippen LogP contribution in [0.15, 0.2) is 67.0 Å². The molecule has 0 aliphatic rings. The number of nitrogens with zero attached hydrogens (tertiary/aromatic N) is 3. The van der Waals surface area contributed by atoms with Crippen LogP contribution >= 0.6 is 0 Å². The van der Waals surface area contributed by atoms with Crippen LogP contribution in [0.2, 0.25) is 0 Å². The molecule has 2 N–H and O–H groups in total. The van der Waals surface area contributed by atoms with E-state index in [1.165, 1.54) is 24.3 Å². The number of hydrogen-bond donors (Lipinski definition) is 2. The molecule has 0 aliphatic heterocycles. The number of nitro groups is 1. The van der Waals surface area contributed by atoms with Crippen LogP contribution in [0.5, 0.6) is 5.75 Å². The van der Waals surface area contributed by atoms with Crippen LogP contribution in [-0.4, -0.2) is 25.7 Å². The molecule has 1 amide bonds. The molecule has 1 aromatic heterocycles. The number of phenols is 1. The minimum Gasteiger partial charge on any atom is -0.508 e. The summed E-state index contributed by atoms with van der Waals surface area (Å²) >= 11 is 0. The van der Waals surface area contributed by atoms with Crippen LogP contribution in [0.1, 0.15) is 11.1 Å². The van der Waals surface area contributed by atoms with Gasteiger partial charge in [0.2, 0.25) is 5.91 Å². The number of rotatable bonds is 6. The standard InChI is InChI=1S/C19H16N4O4/c24-18-8-7-17(23(26)27)10-15(18)12-20-19(25)9-6-14-11-21-22(13-14)16-4-2-1-3-5-16/h1-11,13,24H,12H2,(H,20,25)/b9-6+. The van der Waals surface area contributed by atoms with Crippen molar-refractivity contribution in [3.8, 4) is 11.4 Å². The van der Waals surface area contributed by atoms with Gasteiger partial charge in [0.15, 0.2) is 0 Å². The minimum absolute atomic E-state index is 0.0278. The Bertz CT molecular complexity index is 996. The average molecular weight is 364 g/mol. The van der Waals surface area contributed by atoms with Gasteiger partial charge in [0, 0.05) is 42.1 Å². The SMILES string of the molecule is O=C(/C=C/c1cnn(-c2ccccc2)c1)NCc1cc([N+](=O)[O-])ccc1O. The van der Waals surface area contributed by atoms with Crippen molar-refractivity contribution in [2.75, 3.05) is 0 Å². The Morgan fingerprint density at radius 2 is 2.04 bits per heavy atom. The number of nitro benzene ring substituents is 1. The van der Waals surface area contributed by atoms with Crippen LogP contribution < -0.4 is 5.32 Å². The summed E-state index contributed by atoms with van der Waals surface area (Å²) in [6, 6.07) is 13.2. The van der Waals surface area contributed by atoms with Crippen LogP contribution in [0.25, 0.3) is 11.8 Å². The van der Waals surface area contributed by atoms with Crippen LogP contribution in [0, 0.1) is 10.1 Å². The number of hydrogen-bond acceptors (Lipinski definition) is 5. The molecule has 3 rings (SSSR count). The highest BCUT2D eigenvalue weighted by Gasteiger charge is 2.10. The van der Waals surface area contributed by atoms with Gasteiger partial charge in [0.05, 0.1) is 16.8 Å². The van der Waals surface area contributed by atoms with Gasteiger partial charge in [-0.05, 0) is 24.3 Å². The molecule has 0 bridgehead atoms. The van der Waals surface area contributed by atoms with E-state index in [9.17, 15) is 20.0 Å². The third-order valence-corrected chi connectivity index (χ3v) is 3.78. The molecule has 0 saturated carbocycles. The molecule has 0 radical (unpaired) electrons. The third kappa shape index (κ3) is 4.57. The number of carbonyl (C=O) groups is 1. The lowest BCUT2D eigenvalue weighted by Gasteiger charge is -2.05. The molecular formula is C19H16N4O4. The van der Waals surface area contributed by atoms with Gasteiger partial charge in [-0.1, -0.05) is 18.2 Å². The number of amides is 1. The first-order chi connectivity index (χ1) is 13.0. The lowest BCUT2D eigenvalue weighted by Crippen LogP contribution is -2.20. The van der Waals surface area contributed by atoms with Crippen LogP contribution in [0.4, 0.5) is 5.69 Å². The van der Waals surface area contributed by atoms with Gasteiger partial charge in [0.1, 0.15) is 5.75 Å². The number of carbonyl (C=O) groups excluding carboxylic acids is 1. The summed E-state index contributed by atoms with van der Waals surface area (Å²) in [5.74, 6) is -0.512. The van der Waals surface area contributed by atoms with Crippen LogP contribution in [0.3, 0.4) is 0 Å². The molecule has 1 heterocycles. The van der Waals surface area contributed by atoms with Gasteiger partial charge >= 0.3 is 0 Å². The van der Waals surface area contributed by atoms with Gasteiger partial charge < -0.3 is 10.4 Å². The Morgan fingerprint density at radius 1 is 1.26 bits per heavy atom. The molecular weight excluding hydrogens is 348 g/mol. The summed E-state index contributed by atoms with van der Waals surface area (Å²) in [6.45, 7) is -0.0278. The van der Waals surface area contributed by atoms with Crippen molar-refractivity contribution < 1.29 is 14.8 Å². The number of benzene rings is 2. The normalized spacial score (nSPS) is 10.8. The molecule has 0 unspecified atom stereocenters. The Morgan fingerprint density at radius 3 is 2.78 bits per heavy atom. The smallest absolute Gasteiger partial charge is 0.270 e.